The van der Waals surface area contributed by atoms with Crippen molar-refractivity contribution in [3.63, 3.8) is 0 Å². The normalized spacial score (nSPS) is 29.7. The number of rotatable bonds is 0. The van der Waals surface area contributed by atoms with Gasteiger partial charge in [0.05, 0.1) is 0 Å². The maximum Gasteiger partial charge on any atom is 0.348 e. The van der Waals surface area contributed by atoms with Crippen molar-refractivity contribution in [3.8, 4) is 0 Å². The van der Waals surface area contributed by atoms with Gasteiger partial charge in [0, 0.05) is 0 Å². The fourth-order valence-electron chi connectivity index (χ4n) is 1.22. The number of nitrogens with zero attached hydrogens (tertiary/aromatic N) is 3. The van der Waals surface area contributed by atoms with Crippen molar-refractivity contribution >= 4 is 22.3 Å². The van der Waals surface area contributed by atoms with Crippen molar-refractivity contribution in [2.45, 2.75) is 0 Å². The molecule has 1 aliphatic heterocycles. The molecule has 0 saturated carbocycles. The minimum atomic E-state index is -1.28. The molecule has 0 radical (unpaired) electrons. The summed E-state index contributed by atoms with van der Waals surface area (Å²) in [6.07, 6.45) is 0. The Morgan fingerprint density at radius 1 is 1.00 bits per heavy atom. The lowest BCUT2D eigenvalue weighted by Crippen LogP contribution is -1.76. The Balaban J connectivity index is 3.31. The third kappa shape index (κ3) is 2.82. The predicted molar refractivity (Wildman–Crippen MR) is 57.7 cm³/mol. The minimum Gasteiger partial charge on any atom is -0.233 e. The third-order valence-corrected chi connectivity index (χ3v) is 10.2. The Hall–Kier alpha value is 0.560. The van der Waals surface area contributed by atoms with Crippen LogP contribution in [0.15, 0.2) is 13.5 Å². The van der Waals surface area contributed by atoms with Gasteiger partial charge in [-0.15, -0.1) is 0 Å². The van der Waals surface area contributed by atoms with Crippen molar-refractivity contribution in [3.05, 3.63) is 0 Å². The summed E-state index contributed by atoms with van der Waals surface area (Å²) >= 11 is 0. The van der Waals surface area contributed by atoms with E-state index >= 15 is 0 Å². The summed E-state index contributed by atoms with van der Waals surface area (Å²) in [5.74, 6) is 0. The molecule has 0 bridgehead atoms. The van der Waals surface area contributed by atoms with Crippen molar-refractivity contribution in [1.82, 2.24) is 0 Å². The summed E-state index contributed by atoms with van der Waals surface area (Å²) in [4.78, 5) is 0. The van der Waals surface area contributed by atoms with Gasteiger partial charge in [0.1, 0.15) is 21.1 Å². The second kappa shape index (κ2) is 2.80. The van der Waals surface area contributed by atoms with Gasteiger partial charge in [-0.1, -0.05) is 0 Å². The second-order valence-corrected chi connectivity index (χ2v) is 11.9. The molecule has 1 aliphatic rings. The third-order valence-electron chi connectivity index (χ3n) is 1.13. The van der Waals surface area contributed by atoms with Crippen LogP contribution in [0.5, 0.6) is 0 Å². The SMILES string of the molecule is C[P+]1=NP(C)(C)=NP(C)(C)=N1. The summed E-state index contributed by atoms with van der Waals surface area (Å²) in [5.41, 5.74) is 0. The van der Waals surface area contributed by atoms with Gasteiger partial charge < -0.3 is 0 Å². The molecule has 0 N–H and O–H groups in total. The lowest BCUT2D eigenvalue weighted by molar-refractivity contribution is 1.65. The molecule has 1 rings (SSSR count). The lowest BCUT2D eigenvalue weighted by Gasteiger charge is -2.12. The van der Waals surface area contributed by atoms with Crippen LogP contribution in [0.3, 0.4) is 0 Å². The van der Waals surface area contributed by atoms with Gasteiger partial charge >= 0.3 is 7.86 Å². The Morgan fingerprint density at radius 3 is 1.91 bits per heavy atom. The molecule has 6 heteroatoms. The summed E-state index contributed by atoms with van der Waals surface area (Å²) in [6, 6.07) is 0. The standard InChI is InChI=1S/C5H15N3P3/c1-9-6-10(2,3)8-11(4,5)7-9/h1-5H3/q+1. The van der Waals surface area contributed by atoms with E-state index in [4.69, 9.17) is 4.52 Å². The van der Waals surface area contributed by atoms with Crippen LogP contribution in [0.1, 0.15) is 0 Å². The highest BCUT2D eigenvalue weighted by Gasteiger charge is 2.22. The van der Waals surface area contributed by atoms with E-state index in [1.807, 2.05) is 0 Å². The minimum absolute atomic E-state index is 0.413. The molecule has 0 aromatic rings. The first-order chi connectivity index (χ1) is 4.81. The van der Waals surface area contributed by atoms with Crippen LogP contribution in [0.2, 0.25) is 0 Å². The van der Waals surface area contributed by atoms with Crippen LogP contribution < -0.4 is 0 Å². The highest BCUT2D eigenvalue weighted by Crippen LogP contribution is 2.66. The molecular weight excluding hydrogens is 195 g/mol. The van der Waals surface area contributed by atoms with E-state index in [9.17, 15) is 0 Å². The molecule has 0 spiro atoms. The average molecular weight is 210 g/mol. The average Bonchev–Trinajstić information content (AvgIpc) is 1.49. The Kier molecular flexibility index (Phi) is 2.46. The first-order valence-corrected chi connectivity index (χ1v) is 10.3. The van der Waals surface area contributed by atoms with E-state index in [0.717, 1.165) is 0 Å². The zero-order valence-corrected chi connectivity index (χ0v) is 10.4. The predicted octanol–water partition coefficient (Wildman–Crippen LogP) is 3.96. The quantitative estimate of drug-likeness (QED) is 0.542. The molecular formula is C5H15N3P3+. The van der Waals surface area contributed by atoms with E-state index in [2.05, 4.69) is 42.4 Å². The molecule has 1 heterocycles. The van der Waals surface area contributed by atoms with Crippen molar-refractivity contribution in [2.75, 3.05) is 33.3 Å². The summed E-state index contributed by atoms with van der Waals surface area (Å²) in [5, 5.41) is 0. The number of hydrogen-bond donors (Lipinski definition) is 0. The van der Waals surface area contributed by atoms with Crippen molar-refractivity contribution in [2.24, 2.45) is 13.5 Å². The van der Waals surface area contributed by atoms with E-state index in [1.54, 1.807) is 0 Å². The van der Waals surface area contributed by atoms with Crippen LogP contribution in [-0.4, -0.2) is 33.3 Å². The zero-order chi connectivity index (χ0) is 8.70. The molecule has 0 fully saturated rings. The number of hydrogen-bond acceptors (Lipinski definition) is 3. The van der Waals surface area contributed by atoms with E-state index in [-0.39, 0.29) is 0 Å². The van der Waals surface area contributed by atoms with Crippen LogP contribution in [0, 0.1) is 0 Å². The molecule has 0 saturated heterocycles. The molecule has 3 nitrogen and oxygen atoms in total. The Bertz CT molecular complexity index is 295. The molecule has 0 aliphatic carbocycles. The van der Waals surface area contributed by atoms with E-state index in [0.29, 0.717) is 0 Å². The highest BCUT2D eigenvalue weighted by atomic mass is 31.2. The van der Waals surface area contributed by atoms with E-state index in [1.165, 1.54) is 0 Å². The maximum absolute atomic E-state index is 4.70. The van der Waals surface area contributed by atoms with E-state index < -0.39 is 22.3 Å². The molecule has 11 heavy (non-hydrogen) atoms. The molecule has 1 unspecified atom stereocenters. The smallest absolute Gasteiger partial charge is 0.233 e. The maximum atomic E-state index is 4.70. The summed E-state index contributed by atoms with van der Waals surface area (Å²) in [7, 11) is -2.97. The Morgan fingerprint density at radius 2 is 1.55 bits per heavy atom. The molecule has 1 atom stereocenters. The molecule has 64 valence electrons. The van der Waals surface area contributed by atoms with Gasteiger partial charge in [-0.05, 0) is 35.7 Å². The van der Waals surface area contributed by atoms with Crippen LogP contribution >= 0.6 is 22.3 Å². The first kappa shape index (κ1) is 9.65. The van der Waals surface area contributed by atoms with Crippen molar-refractivity contribution in [1.29, 1.82) is 0 Å². The molecule has 0 aromatic carbocycles. The van der Waals surface area contributed by atoms with Gasteiger partial charge in [0.2, 0.25) is 0 Å². The molecule has 0 amide bonds. The summed E-state index contributed by atoms with van der Waals surface area (Å²) < 4.78 is 13.9. The topological polar surface area (TPSA) is 37.1 Å². The highest BCUT2D eigenvalue weighted by molar-refractivity contribution is 7.81. The van der Waals surface area contributed by atoms with Gasteiger partial charge in [0.15, 0.2) is 0 Å². The monoisotopic (exact) mass is 210 g/mol. The van der Waals surface area contributed by atoms with Crippen LogP contribution in [0.25, 0.3) is 0 Å². The van der Waals surface area contributed by atoms with Crippen molar-refractivity contribution < 1.29 is 0 Å². The fraction of sp³-hybridized carbons (Fsp3) is 1.00. The largest absolute Gasteiger partial charge is 0.348 e. The van der Waals surface area contributed by atoms with Crippen LogP contribution in [0.4, 0.5) is 0 Å². The summed E-state index contributed by atoms with van der Waals surface area (Å²) in [6.45, 7) is 10.8. The van der Waals surface area contributed by atoms with Gasteiger partial charge in [-0.25, -0.2) is 4.52 Å². The fourth-order valence-corrected chi connectivity index (χ4v) is 12.0. The second-order valence-electron chi connectivity index (χ2n) is 3.43. The van der Waals surface area contributed by atoms with Gasteiger partial charge in [-0.3, -0.25) is 0 Å². The van der Waals surface area contributed by atoms with Gasteiger partial charge in [-0.2, -0.15) is 0 Å². The lowest BCUT2D eigenvalue weighted by atomic mass is 11.9. The van der Waals surface area contributed by atoms with Gasteiger partial charge in [0.25, 0.3) is 0 Å². The first-order valence-electron chi connectivity index (χ1n) is 3.44. The zero-order valence-electron chi connectivity index (χ0n) is 7.68. The Labute approximate surface area is 69.7 Å². The van der Waals surface area contributed by atoms with Crippen LogP contribution in [-0.2, 0) is 0 Å². The molecule has 0 aromatic heterocycles.